The molecule has 0 bridgehead atoms. The van der Waals surface area contributed by atoms with Crippen molar-refractivity contribution in [2.75, 3.05) is 11.9 Å². The molecule has 0 amide bonds. The van der Waals surface area contributed by atoms with E-state index >= 15 is 0 Å². The molecule has 0 unspecified atom stereocenters. The highest BCUT2D eigenvalue weighted by Gasteiger charge is 2.04. The number of nitrogens with zero attached hydrogens (tertiary/aromatic N) is 3. The first kappa shape index (κ1) is 13.4. The number of H-pyrrole nitrogens is 1. The van der Waals surface area contributed by atoms with E-state index in [1.165, 1.54) is 5.56 Å². The Kier molecular flexibility index (Phi) is 4.39. The summed E-state index contributed by atoms with van der Waals surface area (Å²) in [7, 11) is 0. The van der Waals surface area contributed by atoms with E-state index in [9.17, 15) is 0 Å². The van der Waals surface area contributed by atoms with E-state index in [4.69, 9.17) is 0 Å². The zero-order chi connectivity index (χ0) is 13.7. The molecular formula is C14H21N5. The molecule has 2 aromatic heterocycles. The second kappa shape index (κ2) is 6.22. The van der Waals surface area contributed by atoms with Crippen LogP contribution in [0.5, 0.6) is 0 Å². The van der Waals surface area contributed by atoms with E-state index in [0.717, 1.165) is 43.3 Å². The van der Waals surface area contributed by atoms with Gasteiger partial charge in [0, 0.05) is 25.0 Å². The molecule has 2 aromatic rings. The Bertz CT molecular complexity index is 538. The summed E-state index contributed by atoms with van der Waals surface area (Å²) in [6, 6.07) is 0. The third-order valence-corrected chi connectivity index (χ3v) is 3.06. The Labute approximate surface area is 113 Å². The number of imidazole rings is 1. The molecule has 0 aliphatic heterocycles. The summed E-state index contributed by atoms with van der Waals surface area (Å²) in [6.07, 6.45) is 7.89. The predicted octanol–water partition coefficient (Wildman–Crippen LogP) is 2.45. The molecule has 2 N–H and O–H groups in total. The van der Waals surface area contributed by atoms with Crippen molar-refractivity contribution >= 4 is 5.95 Å². The number of hydrogen-bond acceptors (Lipinski definition) is 3. The second-order valence-electron chi connectivity index (χ2n) is 4.70. The van der Waals surface area contributed by atoms with Gasteiger partial charge in [-0.2, -0.15) is 5.10 Å². The molecule has 2 rings (SSSR count). The highest BCUT2D eigenvalue weighted by Crippen LogP contribution is 2.10. The standard InChI is InChI=1S/C14H21N5/c1-4-8-19-10-11(2)17-14(19)15-7-5-6-13-9-16-18-12(13)3/h4,9-10H,1,5-8H2,2-3H3,(H,15,17)(H,16,18). The fourth-order valence-corrected chi connectivity index (χ4v) is 2.07. The molecular weight excluding hydrogens is 238 g/mol. The molecule has 19 heavy (non-hydrogen) atoms. The Morgan fingerprint density at radius 3 is 3.00 bits per heavy atom. The molecule has 0 atom stereocenters. The fourth-order valence-electron chi connectivity index (χ4n) is 2.07. The molecule has 0 aliphatic rings. The average Bonchev–Trinajstić information content (AvgIpc) is 2.92. The molecule has 5 nitrogen and oxygen atoms in total. The van der Waals surface area contributed by atoms with Gasteiger partial charge in [-0.1, -0.05) is 6.08 Å². The Morgan fingerprint density at radius 2 is 2.32 bits per heavy atom. The maximum absolute atomic E-state index is 4.47. The van der Waals surface area contributed by atoms with Gasteiger partial charge in [0.15, 0.2) is 0 Å². The molecule has 0 saturated heterocycles. The number of rotatable bonds is 7. The summed E-state index contributed by atoms with van der Waals surface area (Å²) < 4.78 is 2.07. The number of aromatic amines is 1. The van der Waals surface area contributed by atoms with Gasteiger partial charge in [0.2, 0.25) is 5.95 Å². The Hall–Kier alpha value is -2.04. The SMILES string of the molecule is C=CCn1cc(C)nc1NCCCc1cn[nH]c1C. The molecule has 5 heteroatoms. The monoisotopic (exact) mass is 259 g/mol. The van der Waals surface area contributed by atoms with Crippen molar-refractivity contribution in [3.05, 3.63) is 42.0 Å². The molecule has 0 saturated carbocycles. The van der Waals surface area contributed by atoms with Gasteiger partial charge >= 0.3 is 0 Å². The van der Waals surface area contributed by atoms with Crippen molar-refractivity contribution in [1.82, 2.24) is 19.7 Å². The van der Waals surface area contributed by atoms with E-state index in [-0.39, 0.29) is 0 Å². The first-order valence-corrected chi connectivity index (χ1v) is 6.58. The minimum absolute atomic E-state index is 0.782. The van der Waals surface area contributed by atoms with Crippen molar-refractivity contribution in [2.45, 2.75) is 33.2 Å². The maximum Gasteiger partial charge on any atom is 0.203 e. The van der Waals surface area contributed by atoms with Gasteiger partial charge in [-0.3, -0.25) is 5.10 Å². The van der Waals surface area contributed by atoms with Gasteiger partial charge in [0.1, 0.15) is 0 Å². The third-order valence-electron chi connectivity index (χ3n) is 3.06. The van der Waals surface area contributed by atoms with Crippen LogP contribution in [0.2, 0.25) is 0 Å². The molecule has 2 heterocycles. The topological polar surface area (TPSA) is 58.5 Å². The molecule has 0 spiro atoms. The largest absolute Gasteiger partial charge is 0.356 e. The number of aromatic nitrogens is 4. The first-order chi connectivity index (χ1) is 9.20. The van der Waals surface area contributed by atoms with Gasteiger partial charge in [-0.05, 0) is 32.3 Å². The number of allylic oxidation sites excluding steroid dienone is 1. The summed E-state index contributed by atoms with van der Waals surface area (Å²) in [5.41, 5.74) is 3.46. The number of aryl methyl sites for hydroxylation is 3. The molecule has 0 aromatic carbocycles. The van der Waals surface area contributed by atoms with E-state index in [1.54, 1.807) is 0 Å². The summed E-state index contributed by atoms with van der Waals surface area (Å²) in [6.45, 7) is 9.49. The van der Waals surface area contributed by atoms with Crippen LogP contribution in [0.25, 0.3) is 0 Å². The van der Waals surface area contributed by atoms with Crippen LogP contribution < -0.4 is 5.32 Å². The fraction of sp³-hybridized carbons (Fsp3) is 0.429. The van der Waals surface area contributed by atoms with Gasteiger partial charge in [-0.25, -0.2) is 4.98 Å². The third kappa shape index (κ3) is 3.47. The van der Waals surface area contributed by atoms with Gasteiger partial charge in [0.05, 0.1) is 11.9 Å². The molecule has 102 valence electrons. The highest BCUT2D eigenvalue weighted by molar-refractivity contribution is 5.29. The molecule has 0 radical (unpaired) electrons. The second-order valence-corrected chi connectivity index (χ2v) is 4.70. The van der Waals surface area contributed by atoms with Crippen LogP contribution in [0.3, 0.4) is 0 Å². The average molecular weight is 259 g/mol. The van der Waals surface area contributed by atoms with Gasteiger partial charge in [0.25, 0.3) is 0 Å². The number of nitrogens with one attached hydrogen (secondary N) is 2. The van der Waals surface area contributed by atoms with Crippen LogP contribution in [-0.2, 0) is 13.0 Å². The summed E-state index contributed by atoms with van der Waals surface area (Å²) in [4.78, 5) is 4.47. The molecule has 0 aliphatic carbocycles. The quantitative estimate of drug-likeness (QED) is 0.593. The van der Waals surface area contributed by atoms with Crippen molar-refractivity contribution in [2.24, 2.45) is 0 Å². The van der Waals surface area contributed by atoms with Crippen LogP contribution in [0.15, 0.2) is 25.0 Å². The predicted molar refractivity (Wildman–Crippen MR) is 77.3 cm³/mol. The maximum atomic E-state index is 4.47. The summed E-state index contributed by atoms with van der Waals surface area (Å²) in [5, 5.41) is 10.4. The zero-order valence-corrected chi connectivity index (χ0v) is 11.6. The van der Waals surface area contributed by atoms with Crippen LogP contribution in [0.4, 0.5) is 5.95 Å². The number of anilines is 1. The van der Waals surface area contributed by atoms with E-state index in [1.807, 2.05) is 25.4 Å². The van der Waals surface area contributed by atoms with Crippen LogP contribution >= 0.6 is 0 Å². The van der Waals surface area contributed by atoms with E-state index in [0.29, 0.717) is 0 Å². The van der Waals surface area contributed by atoms with E-state index < -0.39 is 0 Å². The lowest BCUT2D eigenvalue weighted by Crippen LogP contribution is -2.09. The Balaban J connectivity index is 1.82. The van der Waals surface area contributed by atoms with Crippen molar-refractivity contribution < 1.29 is 0 Å². The van der Waals surface area contributed by atoms with Gasteiger partial charge < -0.3 is 9.88 Å². The van der Waals surface area contributed by atoms with Crippen molar-refractivity contribution in [3.63, 3.8) is 0 Å². The molecule has 0 fully saturated rings. The summed E-state index contributed by atoms with van der Waals surface area (Å²) >= 11 is 0. The van der Waals surface area contributed by atoms with Gasteiger partial charge in [-0.15, -0.1) is 6.58 Å². The minimum Gasteiger partial charge on any atom is -0.356 e. The lowest BCUT2D eigenvalue weighted by molar-refractivity contribution is 0.796. The van der Waals surface area contributed by atoms with Crippen molar-refractivity contribution in [3.8, 4) is 0 Å². The van der Waals surface area contributed by atoms with E-state index in [2.05, 4.69) is 38.6 Å². The zero-order valence-electron chi connectivity index (χ0n) is 11.6. The Morgan fingerprint density at radius 1 is 1.47 bits per heavy atom. The smallest absolute Gasteiger partial charge is 0.203 e. The first-order valence-electron chi connectivity index (χ1n) is 6.58. The minimum atomic E-state index is 0.782. The van der Waals surface area contributed by atoms with Crippen LogP contribution in [0.1, 0.15) is 23.4 Å². The lowest BCUT2D eigenvalue weighted by atomic mass is 10.1. The normalized spacial score (nSPS) is 10.6. The van der Waals surface area contributed by atoms with Crippen LogP contribution in [0, 0.1) is 13.8 Å². The lowest BCUT2D eigenvalue weighted by Gasteiger charge is -2.07. The highest BCUT2D eigenvalue weighted by atomic mass is 15.2. The van der Waals surface area contributed by atoms with Crippen molar-refractivity contribution in [1.29, 1.82) is 0 Å². The summed E-state index contributed by atoms with van der Waals surface area (Å²) in [5.74, 6) is 0.918. The number of hydrogen-bond donors (Lipinski definition) is 2. The van der Waals surface area contributed by atoms with Crippen LogP contribution in [-0.4, -0.2) is 26.3 Å².